The maximum atomic E-state index is 12.2. The molecule has 1 aromatic heterocycles. The van der Waals surface area contributed by atoms with Crippen molar-refractivity contribution in [1.82, 2.24) is 15.5 Å². The summed E-state index contributed by atoms with van der Waals surface area (Å²) in [4.78, 5) is 16.5. The Kier molecular flexibility index (Phi) is 4.40. The van der Waals surface area contributed by atoms with Crippen molar-refractivity contribution in [2.45, 2.75) is 6.54 Å². The van der Waals surface area contributed by atoms with Crippen LogP contribution in [0, 0.1) is 0 Å². The first-order chi connectivity index (χ1) is 12.6. The molecule has 9 heteroatoms. The first-order valence-corrected chi connectivity index (χ1v) is 8.31. The van der Waals surface area contributed by atoms with Crippen molar-refractivity contribution in [2.24, 2.45) is 0 Å². The fourth-order valence-corrected chi connectivity index (χ4v) is 2.90. The third-order valence-electron chi connectivity index (χ3n) is 3.67. The summed E-state index contributed by atoms with van der Waals surface area (Å²) in [5.41, 5.74) is 1.03. The molecule has 1 amide bonds. The fraction of sp³-hybridized carbons (Fsp3) is 0.118. The SMILES string of the molecule is O=C(NCc1nc(-c2ccc3c(c2)OCO3)no1)c1ccc(Cl)cc1Cl. The average molecular weight is 392 g/mol. The van der Waals surface area contributed by atoms with E-state index in [0.717, 1.165) is 5.56 Å². The second-order valence-corrected chi connectivity index (χ2v) is 6.23. The van der Waals surface area contributed by atoms with Gasteiger partial charge in [0.2, 0.25) is 18.5 Å². The number of ether oxygens (including phenoxy) is 2. The molecule has 4 rings (SSSR count). The Morgan fingerprint density at radius 3 is 2.81 bits per heavy atom. The zero-order chi connectivity index (χ0) is 18.1. The van der Waals surface area contributed by atoms with Gasteiger partial charge in [0.25, 0.3) is 5.91 Å². The highest BCUT2D eigenvalue weighted by Gasteiger charge is 2.17. The lowest BCUT2D eigenvalue weighted by Crippen LogP contribution is -2.23. The maximum absolute atomic E-state index is 12.2. The maximum Gasteiger partial charge on any atom is 0.253 e. The van der Waals surface area contributed by atoms with Crippen LogP contribution in [0.25, 0.3) is 11.4 Å². The number of hydrogen-bond acceptors (Lipinski definition) is 6. The van der Waals surface area contributed by atoms with E-state index in [1.807, 2.05) is 0 Å². The minimum atomic E-state index is -0.366. The normalized spacial score (nSPS) is 12.2. The summed E-state index contributed by atoms with van der Waals surface area (Å²) in [6, 6.07) is 9.98. The Labute approximate surface area is 157 Å². The van der Waals surface area contributed by atoms with Crippen LogP contribution in [0.1, 0.15) is 16.2 Å². The molecule has 0 spiro atoms. The summed E-state index contributed by atoms with van der Waals surface area (Å²) in [7, 11) is 0. The molecule has 132 valence electrons. The Morgan fingerprint density at radius 2 is 1.96 bits per heavy atom. The van der Waals surface area contributed by atoms with Crippen molar-refractivity contribution in [3.63, 3.8) is 0 Å². The third-order valence-corrected chi connectivity index (χ3v) is 4.22. The van der Waals surface area contributed by atoms with Gasteiger partial charge in [-0.05, 0) is 36.4 Å². The van der Waals surface area contributed by atoms with Gasteiger partial charge in [-0.1, -0.05) is 28.4 Å². The highest BCUT2D eigenvalue weighted by Crippen LogP contribution is 2.35. The molecule has 0 bridgehead atoms. The van der Waals surface area contributed by atoms with Crippen molar-refractivity contribution in [3.05, 3.63) is 57.9 Å². The minimum Gasteiger partial charge on any atom is -0.454 e. The average Bonchev–Trinajstić information content (AvgIpc) is 3.28. The second kappa shape index (κ2) is 6.86. The van der Waals surface area contributed by atoms with Gasteiger partial charge in [-0.3, -0.25) is 4.79 Å². The monoisotopic (exact) mass is 391 g/mol. The first kappa shape index (κ1) is 16.7. The third kappa shape index (κ3) is 3.31. The van der Waals surface area contributed by atoms with Crippen LogP contribution in [-0.4, -0.2) is 22.8 Å². The van der Waals surface area contributed by atoms with Crippen LogP contribution in [0.5, 0.6) is 11.5 Å². The van der Waals surface area contributed by atoms with Crippen LogP contribution in [0.3, 0.4) is 0 Å². The van der Waals surface area contributed by atoms with Gasteiger partial charge in [0.05, 0.1) is 17.1 Å². The van der Waals surface area contributed by atoms with E-state index in [9.17, 15) is 4.79 Å². The number of amides is 1. The molecule has 2 aromatic carbocycles. The molecule has 0 saturated heterocycles. The lowest BCUT2D eigenvalue weighted by Gasteiger charge is -2.04. The number of nitrogens with zero attached hydrogens (tertiary/aromatic N) is 2. The molecule has 0 radical (unpaired) electrons. The van der Waals surface area contributed by atoms with E-state index in [-0.39, 0.29) is 30.2 Å². The predicted octanol–water partition coefficient (Wildman–Crippen LogP) is 3.70. The van der Waals surface area contributed by atoms with E-state index in [2.05, 4.69) is 15.5 Å². The Bertz CT molecular complexity index is 990. The summed E-state index contributed by atoms with van der Waals surface area (Å²) in [6.07, 6.45) is 0. The van der Waals surface area contributed by atoms with Crippen LogP contribution in [0.15, 0.2) is 40.9 Å². The van der Waals surface area contributed by atoms with Crippen LogP contribution in [-0.2, 0) is 6.54 Å². The Balaban J connectivity index is 1.44. The highest BCUT2D eigenvalue weighted by atomic mass is 35.5. The van der Waals surface area contributed by atoms with Crippen LogP contribution >= 0.6 is 23.2 Å². The minimum absolute atomic E-state index is 0.0648. The molecule has 7 nitrogen and oxygen atoms in total. The van der Waals surface area contributed by atoms with Gasteiger partial charge >= 0.3 is 0 Å². The Hall–Kier alpha value is -2.77. The number of fused-ring (bicyclic) bond motifs is 1. The van der Waals surface area contributed by atoms with Gasteiger partial charge in [-0.15, -0.1) is 0 Å². The number of halogens is 2. The van der Waals surface area contributed by atoms with E-state index >= 15 is 0 Å². The zero-order valence-corrected chi connectivity index (χ0v) is 14.7. The quantitative estimate of drug-likeness (QED) is 0.729. The molecule has 26 heavy (non-hydrogen) atoms. The van der Waals surface area contributed by atoms with E-state index in [1.165, 1.54) is 6.07 Å². The summed E-state index contributed by atoms with van der Waals surface area (Å²) >= 11 is 11.8. The molecule has 1 N–H and O–H groups in total. The summed E-state index contributed by atoms with van der Waals surface area (Å²) in [5, 5.41) is 7.31. The van der Waals surface area contributed by atoms with Crippen molar-refractivity contribution in [2.75, 3.05) is 6.79 Å². The summed E-state index contributed by atoms with van der Waals surface area (Å²) < 4.78 is 15.8. The molecule has 0 aliphatic carbocycles. The molecule has 0 atom stereocenters. The van der Waals surface area contributed by atoms with E-state index < -0.39 is 0 Å². The van der Waals surface area contributed by atoms with Crippen molar-refractivity contribution in [3.8, 4) is 22.9 Å². The number of carbonyl (C=O) groups is 1. The number of rotatable bonds is 4. The van der Waals surface area contributed by atoms with Crippen LogP contribution in [0.2, 0.25) is 10.0 Å². The lowest BCUT2D eigenvalue weighted by atomic mass is 10.2. The first-order valence-electron chi connectivity index (χ1n) is 7.56. The second-order valence-electron chi connectivity index (χ2n) is 5.39. The molecular formula is C17H11Cl2N3O4. The van der Waals surface area contributed by atoms with Gasteiger partial charge in [0.1, 0.15) is 0 Å². The number of nitrogens with one attached hydrogen (secondary N) is 1. The Morgan fingerprint density at radius 1 is 1.12 bits per heavy atom. The fourth-order valence-electron chi connectivity index (χ4n) is 2.40. The van der Waals surface area contributed by atoms with Gasteiger partial charge in [0, 0.05) is 10.6 Å². The molecular weight excluding hydrogens is 381 g/mol. The largest absolute Gasteiger partial charge is 0.454 e. The molecule has 2 heterocycles. The molecule has 1 aliphatic rings. The van der Waals surface area contributed by atoms with Gasteiger partial charge in [0.15, 0.2) is 11.5 Å². The standard InChI is InChI=1S/C17H11Cl2N3O4/c18-10-2-3-11(12(19)6-10)17(23)20-7-15-21-16(22-26-15)9-1-4-13-14(5-9)25-8-24-13/h1-6H,7-8H2,(H,20,23). The number of aromatic nitrogens is 2. The van der Waals surface area contributed by atoms with Gasteiger partial charge in [-0.2, -0.15) is 4.98 Å². The predicted molar refractivity (Wildman–Crippen MR) is 93.5 cm³/mol. The number of carbonyl (C=O) groups excluding carboxylic acids is 1. The number of hydrogen-bond donors (Lipinski definition) is 1. The van der Waals surface area contributed by atoms with Crippen molar-refractivity contribution >= 4 is 29.1 Å². The molecule has 0 fully saturated rings. The van der Waals surface area contributed by atoms with Gasteiger partial charge in [-0.25, -0.2) is 0 Å². The molecule has 1 aliphatic heterocycles. The van der Waals surface area contributed by atoms with Gasteiger partial charge < -0.3 is 19.3 Å². The topological polar surface area (TPSA) is 86.5 Å². The van der Waals surface area contributed by atoms with E-state index in [0.29, 0.717) is 27.9 Å². The molecule has 0 saturated carbocycles. The van der Waals surface area contributed by atoms with Crippen LogP contribution in [0.4, 0.5) is 0 Å². The lowest BCUT2D eigenvalue weighted by molar-refractivity contribution is 0.0946. The molecule has 0 unspecified atom stereocenters. The smallest absolute Gasteiger partial charge is 0.253 e. The number of benzene rings is 2. The van der Waals surface area contributed by atoms with E-state index in [1.54, 1.807) is 30.3 Å². The summed E-state index contributed by atoms with van der Waals surface area (Å²) in [5.74, 6) is 1.58. The zero-order valence-electron chi connectivity index (χ0n) is 13.2. The highest BCUT2D eigenvalue weighted by molar-refractivity contribution is 6.36. The molecule has 3 aromatic rings. The van der Waals surface area contributed by atoms with E-state index in [4.69, 9.17) is 37.2 Å². The summed E-state index contributed by atoms with van der Waals surface area (Å²) in [6.45, 7) is 0.255. The van der Waals surface area contributed by atoms with Crippen molar-refractivity contribution < 1.29 is 18.8 Å². The van der Waals surface area contributed by atoms with Crippen LogP contribution < -0.4 is 14.8 Å². The van der Waals surface area contributed by atoms with Crippen molar-refractivity contribution in [1.29, 1.82) is 0 Å².